The van der Waals surface area contributed by atoms with Crippen LogP contribution >= 0.6 is 0 Å². The SMILES string of the molecule is COc1ccc(C(C)=NNC(=O)Cc2ccccc2)cc1OC. The van der Waals surface area contributed by atoms with Crippen molar-refractivity contribution in [2.45, 2.75) is 13.3 Å². The summed E-state index contributed by atoms with van der Waals surface area (Å²) in [6.07, 6.45) is 0.295. The predicted octanol–water partition coefficient (Wildman–Crippen LogP) is 2.79. The Morgan fingerprint density at radius 1 is 1.04 bits per heavy atom. The highest BCUT2D eigenvalue weighted by Crippen LogP contribution is 2.27. The number of carbonyl (C=O) groups is 1. The van der Waals surface area contributed by atoms with Crippen molar-refractivity contribution in [3.8, 4) is 11.5 Å². The fraction of sp³-hybridized carbons (Fsp3) is 0.222. The number of nitrogens with one attached hydrogen (secondary N) is 1. The summed E-state index contributed by atoms with van der Waals surface area (Å²) in [5.74, 6) is 1.11. The first-order chi connectivity index (χ1) is 11.1. The second-order valence-electron chi connectivity index (χ2n) is 4.96. The van der Waals surface area contributed by atoms with E-state index in [9.17, 15) is 4.79 Å². The van der Waals surface area contributed by atoms with Crippen molar-refractivity contribution in [3.63, 3.8) is 0 Å². The van der Waals surface area contributed by atoms with Crippen LogP contribution in [0.4, 0.5) is 0 Å². The number of hydrogen-bond acceptors (Lipinski definition) is 4. The van der Waals surface area contributed by atoms with E-state index in [0.717, 1.165) is 11.1 Å². The Hall–Kier alpha value is -2.82. The molecule has 0 fully saturated rings. The number of methoxy groups -OCH3 is 2. The summed E-state index contributed by atoms with van der Waals surface area (Å²) in [5, 5.41) is 4.14. The van der Waals surface area contributed by atoms with Crippen molar-refractivity contribution in [2.75, 3.05) is 14.2 Å². The number of amides is 1. The van der Waals surface area contributed by atoms with E-state index >= 15 is 0 Å². The second kappa shape index (κ2) is 7.98. The van der Waals surface area contributed by atoms with E-state index in [-0.39, 0.29) is 5.91 Å². The van der Waals surface area contributed by atoms with E-state index in [1.54, 1.807) is 20.3 Å². The Kier molecular flexibility index (Phi) is 5.74. The van der Waals surface area contributed by atoms with E-state index in [0.29, 0.717) is 23.6 Å². The number of ether oxygens (including phenoxy) is 2. The van der Waals surface area contributed by atoms with E-state index < -0.39 is 0 Å². The van der Waals surface area contributed by atoms with E-state index in [4.69, 9.17) is 9.47 Å². The maximum atomic E-state index is 11.9. The Balaban J connectivity index is 2.03. The first-order valence-corrected chi connectivity index (χ1v) is 7.23. The number of hydrogen-bond donors (Lipinski definition) is 1. The molecule has 0 heterocycles. The molecule has 0 aromatic heterocycles. The summed E-state index contributed by atoms with van der Waals surface area (Å²) >= 11 is 0. The average Bonchev–Trinajstić information content (AvgIpc) is 2.59. The van der Waals surface area contributed by atoms with Gasteiger partial charge in [-0.1, -0.05) is 30.3 Å². The molecule has 1 N–H and O–H groups in total. The monoisotopic (exact) mass is 312 g/mol. The topological polar surface area (TPSA) is 59.9 Å². The van der Waals surface area contributed by atoms with E-state index in [2.05, 4.69) is 10.5 Å². The largest absolute Gasteiger partial charge is 0.493 e. The predicted molar refractivity (Wildman–Crippen MR) is 90.0 cm³/mol. The molecule has 0 saturated heterocycles. The molecule has 0 atom stereocenters. The maximum absolute atomic E-state index is 11.9. The van der Waals surface area contributed by atoms with Gasteiger partial charge in [-0.15, -0.1) is 0 Å². The fourth-order valence-electron chi connectivity index (χ4n) is 2.09. The van der Waals surface area contributed by atoms with Gasteiger partial charge in [0.05, 0.1) is 26.4 Å². The van der Waals surface area contributed by atoms with Crippen molar-refractivity contribution in [1.29, 1.82) is 0 Å². The Morgan fingerprint density at radius 3 is 2.39 bits per heavy atom. The summed E-state index contributed by atoms with van der Waals surface area (Å²) < 4.78 is 10.5. The number of rotatable bonds is 6. The third kappa shape index (κ3) is 4.57. The number of carbonyl (C=O) groups excluding carboxylic acids is 1. The molecule has 2 rings (SSSR count). The number of hydrazone groups is 1. The van der Waals surface area contributed by atoms with Gasteiger partial charge < -0.3 is 9.47 Å². The van der Waals surface area contributed by atoms with Gasteiger partial charge in [-0.2, -0.15) is 5.10 Å². The third-order valence-corrected chi connectivity index (χ3v) is 3.36. The van der Waals surface area contributed by atoms with Crippen LogP contribution in [0.15, 0.2) is 53.6 Å². The molecule has 5 nitrogen and oxygen atoms in total. The van der Waals surface area contributed by atoms with Gasteiger partial charge in [-0.25, -0.2) is 5.43 Å². The molecule has 0 bridgehead atoms. The minimum Gasteiger partial charge on any atom is -0.493 e. The van der Waals surface area contributed by atoms with Gasteiger partial charge in [0.1, 0.15) is 0 Å². The zero-order valence-corrected chi connectivity index (χ0v) is 13.5. The van der Waals surface area contributed by atoms with Crippen LogP contribution in [0.1, 0.15) is 18.1 Å². The summed E-state index contributed by atoms with van der Waals surface area (Å²) in [7, 11) is 3.16. The van der Waals surface area contributed by atoms with Crippen molar-refractivity contribution in [2.24, 2.45) is 5.10 Å². The van der Waals surface area contributed by atoms with Crippen molar-refractivity contribution in [1.82, 2.24) is 5.43 Å². The summed E-state index contributed by atoms with van der Waals surface area (Å²) in [5.41, 5.74) is 5.06. The van der Waals surface area contributed by atoms with Gasteiger partial charge >= 0.3 is 0 Å². The highest BCUT2D eigenvalue weighted by atomic mass is 16.5. The number of nitrogens with zero attached hydrogens (tertiary/aromatic N) is 1. The molecular weight excluding hydrogens is 292 g/mol. The first-order valence-electron chi connectivity index (χ1n) is 7.23. The van der Waals surface area contributed by atoms with Gasteiger partial charge in [-0.05, 0) is 30.7 Å². The van der Waals surface area contributed by atoms with Crippen LogP contribution in [-0.4, -0.2) is 25.8 Å². The molecule has 5 heteroatoms. The van der Waals surface area contributed by atoms with Crippen molar-refractivity contribution >= 4 is 11.6 Å². The quantitative estimate of drug-likeness (QED) is 0.659. The molecule has 0 unspecified atom stereocenters. The molecule has 2 aromatic rings. The van der Waals surface area contributed by atoms with Crippen LogP contribution in [0.25, 0.3) is 0 Å². The Morgan fingerprint density at radius 2 is 1.74 bits per heavy atom. The molecule has 0 aliphatic rings. The smallest absolute Gasteiger partial charge is 0.244 e. The lowest BCUT2D eigenvalue weighted by atomic mass is 10.1. The lowest BCUT2D eigenvalue weighted by Gasteiger charge is -2.09. The van der Waals surface area contributed by atoms with Crippen LogP contribution in [-0.2, 0) is 11.2 Å². The number of benzene rings is 2. The molecule has 0 aliphatic heterocycles. The molecule has 2 aromatic carbocycles. The molecule has 0 aliphatic carbocycles. The van der Waals surface area contributed by atoms with Crippen molar-refractivity contribution < 1.29 is 14.3 Å². The van der Waals surface area contributed by atoms with E-state index in [1.165, 1.54) is 0 Å². The first kappa shape index (κ1) is 16.5. The summed E-state index contributed by atoms with van der Waals surface area (Å²) in [6.45, 7) is 1.82. The van der Waals surface area contributed by atoms with Gasteiger partial charge in [0.2, 0.25) is 5.91 Å². The van der Waals surface area contributed by atoms with Gasteiger partial charge in [-0.3, -0.25) is 4.79 Å². The van der Waals surface area contributed by atoms with Gasteiger partial charge in [0.25, 0.3) is 0 Å². The highest BCUT2D eigenvalue weighted by Gasteiger charge is 2.07. The minimum atomic E-state index is -0.156. The molecule has 120 valence electrons. The molecule has 0 spiro atoms. The fourth-order valence-corrected chi connectivity index (χ4v) is 2.09. The van der Waals surface area contributed by atoms with Crippen LogP contribution in [0, 0.1) is 0 Å². The Bertz CT molecular complexity index is 697. The van der Waals surface area contributed by atoms with Crippen LogP contribution in [0.5, 0.6) is 11.5 Å². The molecule has 0 saturated carbocycles. The lowest BCUT2D eigenvalue weighted by molar-refractivity contribution is -0.120. The molecule has 23 heavy (non-hydrogen) atoms. The molecule has 0 radical (unpaired) electrons. The second-order valence-corrected chi connectivity index (χ2v) is 4.96. The van der Waals surface area contributed by atoms with Gasteiger partial charge in [0.15, 0.2) is 11.5 Å². The summed E-state index contributed by atoms with van der Waals surface area (Å²) in [6, 6.07) is 15.0. The average molecular weight is 312 g/mol. The zero-order chi connectivity index (χ0) is 16.7. The zero-order valence-electron chi connectivity index (χ0n) is 13.5. The Labute approximate surface area is 135 Å². The van der Waals surface area contributed by atoms with Crippen LogP contribution in [0.2, 0.25) is 0 Å². The van der Waals surface area contributed by atoms with Crippen LogP contribution in [0.3, 0.4) is 0 Å². The molecule has 1 amide bonds. The van der Waals surface area contributed by atoms with Crippen LogP contribution < -0.4 is 14.9 Å². The molecular formula is C18H20N2O3. The highest BCUT2D eigenvalue weighted by molar-refractivity contribution is 5.99. The van der Waals surface area contributed by atoms with Crippen molar-refractivity contribution in [3.05, 3.63) is 59.7 Å². The van der Waals surface area contributed by atoms with Gasteiger partial charge in [0, 0.05) is 5.56 Å². The third-order valence-electron chi connectivity index (χ3n) is 3.36. The minimum absolute atomic E-state index is 0.156. The summed E-state index contributed by atoms with van der Waals surface area (Å²) in [4.78, 5) is 11.9. The normalized spacial score (nSPS) is 11.0. The van der Waals surface area contributed by atoms with E-state index in [1.807, 2.05) is 49.4 Å². The standard InChI is InChI=1S/C18H20N2O3/c1-13(15-9-10-16(22-2)17(12-15)23-3)19-20-18(21)11-14-7-5-4-6-8-14/h4-10,12H,11H2,1-3H3,(H,20,21). The lowest BCUT2D eigenvalue weighted by Crippen LogP contribution is -2.21. The maximum Gasteiger partial charge on any atom is 0.244 e.